The van der Waals surface area contributed by atoms with Gasteiger partial charge in [0.25, 0.3) is 0 Å². The molecule has 0 aliphatic rings. The van der Waals surface area contributed by atoms with Crippen LogP contribution >= 0.6 is 0 Å². The van der Waals surface area contributed by atoms with Crippen LogP contribution in [0.25, 0.3) is 0 Å². The molecule has 0 unspecified atom stereocenters. The quantitative estimate of drug-likeness (QED) is 0.538. The van der Waals surface area contributed by atoms with Crippen molar-refractivity contribution in [1.82, 2.24) is 0 Å². The number of rotatable bonds is 3. The Kier molecular flexibility index (Phi) is 3.05. The van der Waals surface area contributed by atoms with Gasteiger partial charge in [0, 0.05) is 11.9 Å². The number of carbonyl (C=O) groups excluding carboxylic acids is 1. The normalized spacial score (nSPS) is 9.69. The maximum atomic E-state index is 10.9. The van der Waals surface area contributed by atoms with Gasteiger partial charge in [-0.3, -0.25) is 4.79 Å². The third kappa shape index (κ3) is 2.57. The largest absolute Gasteiger partial charge is 0.456 e. The minimum atomic E-state index is -1.46. The summed E-state index contributed by atoms with van der Waals surface area (Å²) in [6, 6.07) is 6.58. The lowest BCUT2D eigenvalue weighted by atomic mass is 9.80. The maximum Gasteiger partial charge on any atom is 0.456 e. The Morgan fingerprint density at radius 2 is 2.00 bits per heavy atom. The topological polar surface area (TPSA) is 83.6 Å². The molecule has 0 aromatic heterocycles. The molecule has 13 heavy (non-hydrogen) atoms. The molecule has 4 N–H and O–H groups in total. The second-order valence-corrected chi connectivity index (χ2v) is 2.71. The van der Waals surface area contributed by atoms with E-state index in [9.17, 15) is 4.79 Å². The van der Waals surface area contributed by atoms with Crippen molar-refractivity contribution in [3.63, 3.8) is 0 Å². The van der Waals surface area contributed by atoms with Crippen LogP contribution in [0.3, 0.4) is 0 Å². The van der Waals surface area contributed by atoms with Gasteiger partial charge in [-0.1, -0.05) is 18.2 Å². The van der Waals surface area contributed by atoms with Gasteiger partial charge < -0.3 is 15.8 Å². The Bertz CT molecular complexity index is 314. The van der Waals surface area contributed by atoms with E-state index in [-0.39, 0.29) is 6.32 Å². The van der Waals surface area contributed by atoms with Gasteiger partial charge in [-0.25, -0.2) is 0 Å². The molecule has 1 aromatic rings. The first-order valence-corrected chi connectivity index (χ1v) is 3.85. The van der Waals surface area contributed by atoms with Crippen LogP contribution in [0.2, 0.25) is 0 Å². The molecule has 0 saturated carbocycles. The highest BCUT2D eigenvalue weighted by atomic mass is 16.4. The summed E-state index contributed by atoms with van der Waals surface area (Å²) in [4.78, 5) is 10.9. The van der Waals surface area contributed by atoms with E-state index in [0.29, 0.717) is 11.1 Å². The molecule has 0 heterocycles. The summed E-state index contributed by atoms with van der Waals surface area (Å²) in [7, 11) is -1.46. The Labute approximate surface area is 76.1 Å². The Morgan fingerprint density at radius 1 is 1.38 bits per heavy atom. The molecule has 0 aliphatic carbocycles. The smallest absolute Gasteiger partial charge is 0.427 e. The van der Waals surface area contributed by atoms with E-state index in [4.69, 9.17) is 15.8 Å². The van der Waals surface area contributed by atoms with Crippen LogP contribution in [0.1, 0.15) is 15.9 Å². The summed E-state index contributed by atoms with van der Waals surface area (Å²) in [5, 5.41) is 17.4. The summed E-state index contributed by atoms with van der Waals surface area (Å²) in [5.41, 5.74) is 5.96. The van der Waals surface area contributed by atoms with Crippen molar-refractivity contribution in [2.24, 2.45) is 5.73 Å². The lowest BCUT2D eigenvalue weighted by molar-refractivity contribution is 0.0999. The maximum absolute atomic E-state index is 10.9. The lowest BCUT2D eigenvalue weighted by Crippen LogP contribution is -2.20. The van der Waals surface area contributed by atoms with Gasteiger partial charge in [0.2, 0.25) is 5.91 Å². The van der Waals surface area contributed by atoms with Crippen LogP contribution in [-0.2, 0) is 6.32 Å². The Hall–Kier alpha value is -1.33. The number of amides is 1. The molecule has 0 aliphatic heterocycles. The highest BCUT2D eigenvalue weighted by molar-refractivity contribution is 6.40. The second kappa shape index (κ2) is 4.07. The van der Waals surface area contributed by atoms with Crippen LogP contribution in [0.4, 0.5) is 0 Å². The number of primary amides is 1. The molecule has 68 valence electrons. The molecular formula is C8H10BNO3. The van der Waals surface area contributed by atoms with E-state index < -0.39 is 13.0 Å². The molecule has 0 fully saturated rings. The van der Waals surface area contributed by atoms with Gasteiger partial charge in [-0.2, -0.15) is 0 Å². The van der Waals surface area contributed by atoms with Gasteiger partial charge in [-0.15, -0.1) is 0 Å². The van der Waals surface area contributed by atoms with E-state index in [0.717, 1.165) is 0 Å². The average Bonchev–Trinajstić information content (AvgIpc) is 2.03. The summed E-state index contributed by atoms with van der Waals surface area (Å²) in [5.74, 6) is -0.559. The van der Waals surface area contributed by atoms with Crippen LogP contribution in [-0.4, -0.2) is 23.1 Å². The van der Waals surface area contributed by atoms with Crippen LogP contribution in [0.5, 0.6) is 0 Å². The zero-order valence-corrected chi connectivity index (χ0v) is 6.97. The van der Waals surface area contributed by atoms with Gasteiger partial charge in [0.15, 0.2) is 0 Å². The molecular weight excluding hydrogens is 169 g/mol. The fourth-order valence-corrected chi connectivity index (χ4v) is 1.14. The third-order valence-corrected chi connectivity index (χ3v) is 1.69. The molecule has 1 amide bonds. The number of carbonyl (C=O) groups is 1. The number of nitrogens with two attached hydrogens (primary N) is 1. The molecule has 0 spiro atoms. The van der Waals surface area contributed by atoms with Crippen molar-refractivity contribution >= 4 is 13.0 Å². The monoisotopic (exact) mass is 179 g/mol. The summed E-state index contributed by atoms with van der Waals surface area (Å²) in [6.07, 6.45) is 0.0130. The minimum absolute atomic E-state index is 0.0130. The van der Waals surface area contributed by atoms with Crippen molar-refractivity contribution in [1.29, 1.82) is 0 Å². The molecule has 0 saturated heterocycles. The zero-order valence-electron chi connectivity index (χ0n) is 6.97. The standard InChI is InChI=1S/C8H10BNO3/c10-8(11)7-4-2-1-3-6(7)5-9(12)13/h1-4,12-13H,5H2,(H2,10,11). The number of hydrogen-bond acceptors (Lipinski definition) is 3. The Morgan fingerprint density at radius 3 is 2.54 bits per heavy atom. The van der Waals surface area contributed by atoms with Crippen LogP contribution in [0, 0.1) is 0 Å². The number of benzene rings is 1. The summed E-state index contributed by atoms with van der Waals surface area (Å²) in [6.45, 7) is 0. The van der Waals surface area contributed by atoms with Crippen LogP contribution in [0.15, 0.2) is 24.3 Å². The van der Waals surface area contributed by atoms with E-state index in [1.165, 1.54) is 0 Å². The van der Waals surface area contributed by atoms with Crippen molar-refractivity contribution in [3.05, 3.63) is 35.4 Å². The van der Waals surface area contributed by atoms with E-state index in [1.807, 2.05) is 0 Å². The fourth-order valence-electron chi connectivity index (χ4n) is 1.14. The molecule has 0 radical (unpaired) electrons. The fraction of sp³-hybridized carbons (Fsp3) is 0.125. The van der Waals surface area contributed by atoms with Crippen molar-refractivity contribution in [3.8, 4) is 0 Å². The molecule has 0 bridgehead atoms. The Balaban J connectivity index is 2.98. The molecule has 4 nitrogen and oxygen atoms in total. The van der Waals surface area contributed by atoms with Gasteiger partial charge in [0.05, 0.1) is 0 Å². The minimum Gasteiger partial charge on any atom is -0.427 e. The van der Waals surface area contributed by atoms with Crippen LogP contribution < -0.4 is 5.73 Å². The third-order valence-electron chi connectivity index (χ3n) is 1.69. The van der Waals surface area contributed by atoms with Crippen molar-refractivity contribution in [2.45, 2.75) is 6.32 Å². The lowest BCUT2D eigenvalue weighted by Gasteiger charge is -2.04. The zero-order chi connectivity index (χ0) is 9.84. The van der Waals surface area contributed by atoms with Gasteiger partial charge in [0.1, 0.15) is 0 Å². The summed E-state index contributed by atoms with van der Waals surface area (Å²) >= 11 is 0. The first kappa shape index (κ1) is 9.76. The van der Waals surface area contributed by atoms with Crippen molar-refractivity contribution in [2.75, 3.05) is 0 Å². The predicted molar refractivity (Wildman–Crippen MR) is 48.9 cm³/mol. The van der Waals surface area contributed by atoms with E-state index in [1.54, 1.807) is 24.3 Å². The van der Waals surface area contributed by atoms with Gasteiger partial charge in [-0.05, 0) is 11.6 Å². The first-order chi connectivity index (χ1) is 6.11. The SMILES string of the molecule is NC(=O)c1ccccc1CB(O)O. The first-order valence-electron chi connectivity index (χ1n) is 3.85. The van der Waals surface area contributed by atoms with E-state index in [2.05, 4.69) is 0 Å². The molecule has 0 atom stereocenters. The van der Waals surface area contributed by atoms with Gasteiger partial charge >= 0.3 is 7.12 Å². The average molecular weight is 179 g/mol. The molecule has 1 aromatic carbocycles. The second-order valence-electron chi connectivity index (χ2n) is 2.71. The number of hydrogen-bond donors (Lipinski definition) is 3. The predicted octanol–water partition coefficient (Wildman–Crippen LogP) is -0.660. The highest BCUT2D eigenvalue weighted by Crippen LogP contribution is 2.08. The van der Waals surface area contributed by atoms with E-state index >= 15 is 0 Å². The highest BCUT2D eigenvalue weighted by Gasteiger charge is 2.13. The van der Waals surface area contributed by atoms with Crippen molar-refractivity contribution < 1.29 is 14.8 Å². The molecule has 1 rings (SSSR count). The summed E-state index contributed by atoms with van der Waals surface area (Å²) < 4.78 is 0. The molecule has 5 heteroatoms.